The monoisotopic (exact) mass is 214 g/mol. The maximum absolute atomic E-state index is 8.58. The molecule has 0 aliphatic carbocycles. The number of rotatable bonds is 3. The zero-order valence-electron chi connectivity index (χ0n) is 8.77. The van der Waals surface area contributed by atoms with E-state index in [2.05, 4.69) is 15.5 Å². The highest BCUT2D eigenvalue weighted by Crippen LogP contribution is 2.09. The molecule has 0 unspecified atom stereocenters. The van der Waals surface area contributed by atoms with E-state index in [4.69, 9.17) is 9.78 Å². The Labute approximate surface area is 92.7 Å². The van der Waals surface area contributed by atoms with Crippen molar-refractivity contribution in [2.75, 3.05) is 5.32 Å². The summed E-state index contributed by atoms with van der Waals surface area (Å²) in [5.41, 5.74) is 2.10. The summed E-state index contributed by atoms with van der Waals surface area (Å²) >= 11 is 0. The fourth-order valence-corrected chi connectivity index (χ4v) is 1.25. The zero-order valence-corrected chi connectivity index (χ0v) is 8.77. The predicted molar refractivity (Wildman–Crippen MR) is 57.5 cm³/mol. The molecule has 2 rings (SSSR count). The summed E-state index contributed by atoms with van der Waals surface area (Å²) in [6.07, 6.45) is 1.61. The third-order valence-corrected chi connectivity index (χ3v) is 2.02. The molecule has 0 atom stereocenters. The molecule has 80 valence electrons. The Bertz CT molecular complexity index is 510. The van der Waals surface area contributed by atoms with Crippen molar-refractivity contribution in [3.63, 3.8) is 0 Å². The van der Waals surface area contributed by atoms with Crippen LogP contribution in [0.5, 0.6) is 0 Å². The highest BCUT2D eigenvalue weighted by atomic mass is 16.5. The van der Waals surface area contributed by atoms with E-state index >= 15 is 0 Å². The normalized spacial score (nSPS) is 9.75. The average molecular weight is 214 g/mol. The Morgan fingerprint density at radius 1 is 1.50 bits per heavy atom. The maximum atomic E-state index is 8.58. The van der Waals surface area contributed by atoms with Crippen molar-refractivity contribution < 1.29 is 4.52 Å². The van der Waals surface area contributed by atoms with Gasteiger partial charge in [-0.2, -0.15) is 5.26 Å². The molecule has 5 nitrogen and oxygen atoms in total. The van der Waals surface area contributed by atoms with Crippen molar-refractivity contribution in [3.05, 3.63) is 41.5 Å². The van der Waals surface area contributed by atoms with E-state index in [1.54, 1.807) is 18.3 Å². The fraction of sp³-hybridized carbons (Fsp3) is 0.182. The molecule has 0 aromatic carbocycles. The van der Waals surface area contributed by atoms with Gasteiger partial charge in [-0.1, -0.05) is 5.16 Å². The van der Waals surface area contributed by atoms with Gasteiger partial charge in [-0.15, -0.1) is 0 Å². The molecule has 16 heavy (non-hydrogen) atoms. The van der Waals surface area contributed by atoms with Crippen LogP contribution in [0, 0.1) is 18.3 Å². The summed E-state index contributed by atoms with van der Waals surface area (Å²) in [5, 5.41) is 15.5. The standard InChI is InChI=1S/C11H10N4O/c1-8-4-11(16-15-8)7-14-10-3-2-9(5-12)13-6-10/h2-4,6,14H,7H2,1H3. The molecule has 2 heterocycles. The van der Waals surface area contributed by atoms with E-state index in [0.717, 1.165) is 17.1 Å². The number of nitrogens with one attached hydrogen (secondary N) is 1. The van der Waals surface area contributed by atoms with E-state index in [1.807, 2.05) is 19.1 Å². The zero-order chi connectivity index (χ0) is 11.4. The van der Waals surface area contributed by atoms with Crippen molar-refractivity contribution >= 4 is 5.69 Å². The van der Waals surface area contributed by atoms with E-state index in [9.17, 15) is 0 Å². The number of nitrogens with zero attached hydrogens (tertiary/aromatic N) is 3. The van der Waals surface area contributed by atoms with Crippen LogP contribution in [0.15, 0.2) is 28.9 Å². The van der Waals surface area contributed by atoms with Crippen molar-refractivity contribution in [1.29, 1.82) is 5.26 Å². The van der Waals surface area contributed by atoms with Gasteiger partial charge in [0, 0.05) is 6.07 Å². The van der Waals surface area contributed by atoms with Crippen LogP contribution in [0.2, 0.25) is 0 Å². The first kappa shape index (κ1) is 10.2. The lowest BCUT2D eigenvalue weighted by Crippen LogP contribution is -1.98. The summed E-state index contributed by atoms with van der Waals surface area (Å²) in [6.45, 7) is 2.42. The molecule has 0 radical (unpaired) electrons. The first-order chi connectivity index (χ1) is 7.78. The third-order valence-electron chi connectivity index (χ3n) is 2.02. The number of hydrogen-bond donors (Lipinski definition) is 1. The van der Waals surface area contributed by atoms with Crippen molar-refractivity contribution in [1.82, 2.24) is 10.1 Å². The molecule has 0 bridgehead atoms. The third kappa shape index (κ3) is 2.36. The van der Waals surface area contributed by atoms with Gasteiger partial charge in [-0.05, 0) is 19.1 Å². The van der Waals surface area contributed by atoms with Gasteiger partial charge in [0.2, 0.25) is 0 Å². The number of aryl methyl sites for hydroxylation is 1. The lowest BCUT2D eigenvalue weighted by Gasteiger charge is -2.02. The van der Waals surface area contributed by atoms with Crippen LogP contribution < -0.4 is 5.32 Å². The van der Waals surface area contributed by atoms with Gasteiger partial charge in [-0.3, -0.25) is 0 Å². The Kier molecular flexibility index (Phi) is 2.83. The van der Waals surface area contributed by atoms with Crippen LogP contribution in [-0.4, -0.2) is 10.1 Å². The lowest BCUT2D eigenvalue weighted by molar-refractivity contribution is 0.384. The Morgan fingerprint density at radius 3 is 2.94 bits per heavy atom. The van der Waals surface area contributed by atoms with Crippen LogP contribution in [-0.2, 0) is 6.54 Å². The molecule has 0 saturated carbocycles. The van der Waals surface area contributed by atoms with E-state index in [0.29, 0.717) is 12.2 Å². The topological polar surface area (TPSA) is 74.7 Å². The number of anilines is 1. The highest BCUT2D eigenvalue weighted by molar-refractivity contribution is 5.42. The number of hydrogen-bond acceptors (Lipinski definition) is 5. The van der Waals surface area contributed by atoms with Crippen molar-refractivity contribution in [2.45, 2.75) is 13.5 Å². The molecular weight excluding hydrogens is 204 g/mol. The predicted octanol–water partition coefficient (Wildman–Crippen LogP) is 1.86. The molecule has 2 aromatic rings. The summed E-state index contributed by atoms with van der Waals surface area (Å²) < 4.78 is 5.05. The van der Waals surface area contributed by atoms with Gasteiger partial charge < -0.3 is 9.84 Å². The van der Waals surface area contributed by atoms with Crippen LogP contribution >= 0.6 is 0 Å². The van der Waals surface area contributed by atoms with E-state index in [-0.39, 0.29) is 0 Å². The SMILES string of the molecule is Cc1cc(CNc2ccc(C#N)nc2)on1. The first-order valence-electron chi connectivity index (χ1n) is 4.80. The summed E-state index contributed by atoms with van der Waals surface area (Å²) in [6, 6.07) is 7.29. The molecule has 2 aromatic heterocycles. The molecule has 5 heteroatoms. The maximum Gasteiger partial charge on any atom is 0.156 e. The van der Waals surface area contributed by atoms with Crippen molar-refractivity contribution in [2.24, 2.45) is 0 Å². The molecule has 0 saturated heterocycles. The quantitative estimate of drug-likeness (QED) is 0.844. The van der Waals surface area contributed by atoms with Gasteiger partial charge in [0.25, 0.3) is 0 Å². The minimum atomic E-state index is 0.404. The number of nitriles is 1. The Balaban J connectivity index is 1.97. The first-order valence-corrected chi connectivity index (χ1v) is 4.80. The molecule has 0 amide bonds. The van der Waals surface area contributed by atoms with Gasteiger partial charge in [0.1, 0.15) is 11.8 Å². The Morgan fingerprint density at radius 2 is 2.38 bits per heavy atom. The second-order valence-corrected chi connectivity index (χ2v) is 3.33. The fourth-order valence-electron chi connectivity index (χ4n) is 1.25. The molecule has 0 aliphatic rings. The highest BCUT2D eigenvalue weighted by Gasteiger charge is 2.00. The average Bonchev–Trinajstić information content (AvgIpc) is 2.73. The molecule has 0 aliphatic heterocycles. The molecule has 0 fully saturated rings. The minimum Gasteiger partial charge on any atom is -0.376 e. The van der Waals surface area contributed by atoms with Crippen LogP contribution in [0.25, 0.3) is 0 Å². The van der Waals surface area contributed by atoms with Crippen LogP contribution in [0.4, 0.5) is 5.69 Å². The van der Waals surface area contributed by atoms with E-state index in [1.165, 1.54) is 0 Å². The summed E-state index contributed by atoms with van der Waals surface area (Å²) in [7, 11) is 0. The van der Waals surface area contributed by atoms with Gasteiger partial charge in [0.05, 0.1) is 24.1 Å². The van der Waals surface area contributed by atoms with Gasteiger partial charge in [-0.25, -0.2) is 4.98 Å². The van der Waals surface area contributed by atoms with Crippen LogP contribution in [0.3, 0.4) is 0 Å². The minimum absolute atomic E-state index is 0.404. The number of aromatic nitrogens is 2. The molecule has 0 spiro atoms. The second kappa shape index (κ2) is 4.45. The molecular formula is C11H10N4O. The lowest BCUT2D eigenvalue weighted by atomic mass is 10.3. The largest absolute Gasteiger partial charge is 0.376 e. The van der Waals surface area contributed by atoms with Crippen LogP contribution in [0.1, 0.15) is 17.1 Å². The smallest absolute Gasteiger partial charge is 0.156 e. The molecule has 1 N–H and O–H groups in total. The second-order valence-electron chi connectivity index (χ2n) is 3.33. The van der Waals surface area contributed by atoms with Crippen molar-refractivity contribution in [3.8, 4) is 6.07 Å². The van der Waals surface area contributed by atoms with Gasteiger partial charge in [0.15, 0.2) is 5.76 Å². The van der Waals surface area contributed by atoms with E-state index < -0.39 is 0 Å². The Hall–Kier alpha value is -2.35. The summed E-state index contributed by atoms with van der Waals surface area (Å²) in [5.74, 6) is 0.766. The number of pyridine rings is 1. The summed E-state index contributed by atoms with van der Waals surface area (Å²) in [4.78, 5) is 3.94. The van der Waals surface area contributed by atoms with Gasteiger partial charge >= 0.3 is 0 Å².